The number of rotatable bonds is 3. The highest BCUT2D eigenvalue weighted by Gasteiger charge is 2.15. The standard InChI is InChI=1S/C36H23NS4/c1-19-15-28-24-12-14-31-29(25(24)11-13-30(28)38-19)18-34(39-31)33-17-22-6-10-26-27(36(22)41-33)9-5-21-16-32(40-35(21)26)20-3-7-23(37-2)8-4-20/h3-18,37H,1-2H3. The van der Waals surface area contributed by atoms with Crippen molar-refractivity contribution in [2.75, 3.05) is 12.4 Å². The third-order valence-corrected chi connectivity index (χ3v) is 12.9. The lowest BCUT2D eigenvalue weighted by Gasteiger charge is -2.01. The van der Waals surface area contributed by atoms with Crippen molar-refractivity contribution in [1.82, 2.24) is 0 Å². The number of nitrogens with one attached hydrogen (secondary N) is 1. The average Bonchev–Trinajstić information content (AvgIpc) is 3.79. The predicted octanol–water partition coefficient (Wildman–Crippen LogP) is 12.5. The summed E-state index contributed by atoms with van der Waals surface area (Å²) in [6, 6.07) is 36.7. The van der Waals surface area contributed by atoms with Gasteiger partial charge in [0.05, 0.1) is 0 Å². The van der Waals surface area contributed by atoms with Gasteiger partial charge in [-0.2, -0.15) is 0 Å². The van der Waals surface area contributed by atoms with E-state index in [9.17, 15) is 0 Å². The van der Waals surface area contributed by atoms with E-state index in [-0.39, 0.29) is 0 Å². The van der Waals surface area contributed by atoms with Gasteiger partial charge in [-0.1, -0.05) is 48.5 Å². The molecule has 0 fully saturated rings. The van der Waals surface area contributed by atoms with Gasteiger partial charge in [0.2, 0.25) is 0 Å². The van der Waals surface area contributed by atoms with Crippen LogP contribution >= 0.6 is 45.3 Å². The minimum atomic E-state index is 1.14. The second kappa shape index (κ2) is 8.88. The topological polar surface area (TPSA) is 12.0 Å². The Kier molecular flexibility index (Phi) is 5.18. The highest BCUT2D eigenvalue weighted by atomic mass is 32.1. The molecule has 0 bridgehead atoms. The number of benzene rings is 5. The Bertz CT molecular complexity index is 2470. The summed E-state index contributed by atoms with van der Waals surface area (Å²) in [5, 5.41) is 14.0. The molecule has 0 unspecified atom stereocenters. The Morgan fingerprint density at radius 3 is 1.71 bits per heavy atom. The second-order valence-corrected chi connectivity index (χ2v) is 15.1. The summed E-state index contributed by atoms with van der Waals surface area (Å²) < 4.78 is 5.48. The van der Waals surface area contributed by atoms with Crippen LogP contribution in [0.1, 0.15) is 4.88 Å². The molecule has 0 saturated heterocycles. The van der Waals surface area contributed by atoms with Gasteiger partial charge in [0.15, 0.2) is 0 Å². The third-order valence-electron chi connectivity index (χ3n) is 8.18. The monoisotopic (exact) mass is 597 g/mol. The van der Waals surface area contributed by atoms with Crippen molar-refractivity contribution in [1.29, 1.82) is 0 Å². The molecule has 1 N–H and O–H groups in total. The van der Waals surface area contributed by atoms with Crippen molar-refractivity contribution < 1.29 is 0 Å². The van der Waals surface area contributed by atoms with Crippen molar-refractivity contribution in [2.24, 2.45) is 0 Å². The van der Waals surface area contributed by atoms with Crippen LogP contribution in [0.2, 0.25) is 0 Å². The summed E-state index contributed by atoms with van der Waals surface area (Å²) in [6.07, 6.45) is 0. The number of fused-ring (bicyclic) bond motifs is 10. The molecule has 4 heterocycles. The Morgan fingerprint density at radius 2 is 1.02 bits per heavy atom. The minimum absolute atomic E-state index is 1.14. The van der Waals surface area contributed by atoms with Crippen LogP contribution < -0.4 is 5.32 Å². The van der Waals surface area contributed by atoms with Gasteiger partial charge in [0, 0.05) is 72.6 Å². The molecule has 0 spiro atoms. The maximum Gasteiger partial charge on any atom is 0.0455 e. The Hall–Kier alpha value is -3.74. The largest absolute Gasteiger partial charge is 0.388 e. The van der Waals surface area contributed by atoms with Crippen molar-refractivity contribution in [3.63, 3.8) is 0 Å². The van der Waals surface area contributed by atoms with Gasteiger partial charge in [-0.3, -0.25) is 0 Å². The van der Waals surface area contributed by atoms with Gasteiger partial charge in [-0.25, -0.2) is 0 Å². The number of hydrogen-bond acceptors (Lipinski definition) is 5. The van der Waals surface area contributed by atoms with Gasteiger partial charge in [-0.15, -0.1) is 45.3 Å². The molecule has 5 aromatic carbocycles. The highest BCUT2D eigenvalue weighted by molar-refractivity contribution is 7.29. The molecule has 9 aromatic rings. The lowest BCUT2D eigenvalue weighted by molar-refractivity contribution is 1.52. The Balaban J connectivity index is 1.18. The van der Waals surface area contributed by atoms with Gasteiger partial charge in [0.25, 0.3) is 0 Å². The fourth-order valence-corrected chi connectivity index (χ4v) is 10.6. The summed E-state index contributed by atoms with van der Waals surface area (Å²) in [6.45, 7) is 2.20. The molecule has 0 aliphatic carbocycles. The molecule has 0 aliphatic heterocycles. The molecule has 196 valence electrons. The lowest BCUT2D eigenvalue weighted by atomic mass is 10.0. The first-order chi connectivity index (χ1) is 20.1. The molecule has 0 aliphatic rings. The van der Waals surface area contributed by atoms with Gasteiger partial charge >= 0.3 is 0 Å². The van der Waals surface area contributed by atoms with Crippen LogP contribution in [0.5, 0.6) is 0 Å². The van der Waals surface area contributed by atoms with Crippen LogP contribution in [-0.2, 0) is 0 Å². The first-order valence-electron chi connectivity index (χ1n) is 13.7. The van der Waals surface area contributed by atoms with Crippen LogP contribution in [0.3, 0.4) is 0 Å². The maximum absolute atomic E-state index is 3.22. The zero-order valence-corrected chi connectivity index (χ0v) is 25.6. The van der Waals surface area contributed by atoms with Crippen molar-refractivity contribution in [3.05, 3.63) is 102 Å². The summed E-state index contributed by atoms with van der Waals surface area (Å²) in [4.78, 5) is 5.39. The molecule has 0 saturated carbocycles. The molecule has 4 aromatic heterocycles. The normalized spacial score (nSPS) is 12.1. The predicted molar refractivity (Wildman–Crippen MR) is 188 cm³/mol. The minimum Gasteiger partial charge on any atom is -0.388 e. The van der Waals surface area contributed by atoms with Crippen molar-refractivity contribution >= 4 is 113 Å². The van der Waals surface area contributed by atoms with Gasteiger partial charge < -0.3 is 5.32 Å². The maximum atomic E-state index is 3.22. The fourth-order valence-electron chi connectivity index (χ4n) is 6.16. The van der Waals surface area contributed by atoms with E-state index < -0.39 is 0 Å². The number of aryl methyl sites for hydroxylation is 1. The second-order valence-electron chi connectivity index (χ2n) is 10.6. The van der Waals surface area contributed by atoms with Crippen molar-refractivity contribution in [2.45, 2.75) is 6.92 Å². The van der Waals surface area contributed by atoms with E-state index >= 15 is 0 Å². The van der Waals surface area contributed by atoms with E-state index in [2.05, 4.69) is 109 Å². The molecular formula is C36H23NS4. The van der Waals surface area contributed by atoms with E-state index in [0.717, 1.165) is 5.69 Å². The first kappa shape index (κ1) is 23.9. The SMILES string of the molecule is CNc1ccc(-c2cc3ccc4c(ccc5cc(-c6cc7c(ccc8c9cc(C)sc9ccc78)s6)sc54)c3s2)cc1. The van der Waals surface area contributed by atoms with Crippen LogP contribution in [0, 0.1) is 6.92 Å². The third kappa shape index (κ3) is 3.63. The molecule has 1 nitrogen and oxygen atoms in total. The van der Waals surface area contributed by atoms with E-state index in [1.807, 2.05) is 52.4 Å². The van der Waals surface area contributed by atoms with E-state index in [1.165, 1.54) is 87.0 Å². The van der Waals surface area contributed by atoms with E-state index in [0.29, 0.717) is 0 Å². The molecule has 5 heteroatoms. The summed E-state index contributed by atoms with van der Waals surface area (Å²) in [7, 11) is 1.96. The van der Waals surface area contributed by atoms with Crippen LogP contribution in [0.15, 0.2) is 97.1 Å². The lowest BCUT2D eigenvalue weighted by Crippen LogP contribution is -1.86. The first-order valence-corrected chi connectivity index (χ1v) is 16.9. The quantitative estimate of drug-likeness (QED) is 0.214. The zero-order valence-electron chi connectivity index (χ0n) is 22.4. The fraction of sp³-hybridized carbons (Fsp3) is 0.0556. The summed E-state index contributed by atoms with van der Waals surface area (Å²) in [5.74, 6) is 0. The Labute approximate surface area is 252 Å². The van der Waals surface area contributed by atoms with E-state index in [1.54, 1.807) is 0 Å². The molecule has 0 amide bonds. The molecule has 0 atom stereocenters. The van der Waals surface area contributed by atoms with Gasteiger partial charge in [0.1, 0.15) is 0 Å². The highest BCUT2D eigenvalue weighted by Crippen LogP contribution is 2.46. The zero-order chi connectivity index (χ0) is 27.2. The average molecular weight is 598 g/mol. The molecule has 0 radical (unpaired) electrons. The van der Waals surface area contributed by atoms with Gasteiger partial charge in [-0.05, 0) is 82.6 Å². The van der Waals surface area contributed by atoms with Crippen LogP contribution in [-0.4, -0.2) is 7.05 Å². The summed E-state index contributed by atoms with van der Waals surface area (Å²) >= 11 is 7.63. The Morgan fingerprint density at radius 1 is 0.463 bits per heavy atom. The number of thiophene rings is 4. The number of hydrogen-bond donors (Lipinski definition) is 1. The molecule has 9 rings (SSSR count). The van der Waals surface area contributed by atoms with Crippen LogP contribution in [0.25, 0.3) is 82.1 Å². The van der Waals surface area contributed by atoms with Crippen LogP contribution in [0.4, 0.5) is 5.69 Å². The summed E-state index contributed by atoms with van der Waals surface area (Å²) in [5.41, 5.74) is 2.41. The smallest absolute Gasteiger partial charge is 0.0455 e. The molecular weight excluding hydrogens is 575 g/mol. The van der Waals surface area contributed by atoms with E-state index in [4.69, 9.17) is 0 Å². The molecule has 41 heavy (non-hydrogen) atoms. The van der Waals surface area contributed by atoms with Crippen molar-refractivity contribution in [3.8, 4) is 20.2 Å². The number of anilines is 1.